The third-order valence-corrected chi connectivity index (χ3v) is 4.44. The number of nitro groups is 1. The molecule has 2 aromatic heterocycles. The molecule has 0 atom stereocenters. The molecular formula is C16H21ClN8O4Pd. The Hall–Kier alpha value is -2.17. The van der Waals surface area contributed by atoms with Crippen molar-refractivity contribution >= 4 is 34.6 Å². The molecule has 0 amide bonds. The van der Waals surface area contributed by atoms with Crippen LogP contribution in [0.5, 0.6) is 0 Å². The van der Waals surface area contributed by atoms with E-state index in [4.69, 9.17) is 26.8 Å². The van der Waals surface area contributed by atoms with Gasteiger partial charge in [0.2, 0.25) is 11.1 Å². The van der Waals surface area contributed by atoms with Crippen LogP contribution in [-0.2, 0) is 29.9 Å². The van der Waals surface area contributed by atoms with Gasteiger partial charge in [-0.2, -0.15) is 4.98 Å². The van der Waals surface area contributed by atoms with Gasteiger partial charge in [-0.3, -0.25) is 10.1 Å². The number of halogens is 1. The van der Waals surface area contributed by atoms with Gasteiger partial charge in [0.05, 0.1) is 43.2 Å². The Labute approximate surface area is 191 Å². The van der Waals surface area contributed by atoms with Crippen molar-refractivity contribution in [2.75, 3.05) is 68.1 Å². The van der Waals surface area contributed by atoms with Crippen LogP contribution in [0.15, 0.2) is 18.7 Å². The van der Waals surface area contributed by atoms with Crippen molar-refractivity contribution in [2.45, 2.75) is 0 Å². The minimum Gasteiger partial charge on any atom is -0.394 e. The van der Waals surface area contributed by atoms with Gasteiger partial charge in [0.1, 0.15) is 12.5 Å². The fourth-order valence-electron chi connectivity index (χ4n) is 2.86. The van der Waals surface area contributed by atoms with Gasteiger partial charge in [0.25, 0.3) is 0 Å². The van der Waals surface area contributed by atoms with Crippen LogP contribution in [0.4, 0.5) is 23.0 Å². The second kappa shape index (κ2) is 11.9. The van der Waals surface area contributed by atoms with Crippen LogP contribution in [-0.4, -0.2) is 77.5 Å². The first-order valence-corrected chi connectivity index (χ1v) is 9.32. The predicted octanol–water partition coefficient (Wildman–Crippen LogP) is 0.768. The van der Waals surface area contributed by atoms with E-state index in [1.165, 1.54) is 6.33 Å². The molecule has 0 aromatic carbocycles. The molecule has 2 saturated heterocycles. The van der Waals surface area contributed by atoms with E-state index in [0.717, 1.165) is 38.3 Å². The maximum absolute atomic E-state index is 10.8. The molecule has 0 spiro atoms. The summed E-state index contributed by atoms with van der Waals surface area (Å²) in [4.78, 5) is 29.7. The van der Waals surface area contributed by atoms with Gasteiger partial charge in [-0.05, 0) is 11.6 Å². The third kappa shape index (κ3) is 6.41. The Balaban J connectivity index is 0.000000211. The van der Waals surface area contributed by atoms with Gasteiger partial charge >= 0.3 is 5.69 Å². The zero-order valence-corrected chi connectivity index (χ0v) is 18.2. The van der Waals surface area contributed by atoms with Crippen molar-refractivity contribution in [1.29, 1.82) is 0 Å². The summed E-state index contributed by atoms with van der Waals surface area (Å²) in [6, 6.07) is 0. The van der Waals surface area contributed by atoms with Crippen LogP contribution in [0, 0.1) is 10.1 Å². The van der Waals surface area contributed by atoms with E-state index in [0.29, 0.717) is 32.0 Å². The van der Waals surface area contributed by atoms with Crippen molar-refractivity contribution in [1.82, 2.24) is 19.9 Å². The number of morpholine rings is 2. The van der Waals surface area contributed by atoms with E-state index in [9.17, 15) is 10.1 Å². The van der Waals surface area contributed by atoms with Crippen LogP contribution < -0.4 is 15.5 Å². The molecule has 14 heteroatoms. The van der Waals surface area contributed by atoms with Crippen LogP contribution in [0.25, 0.3) is 0 Å². The van der Waals surface area contributed by atoms with Gasteiger partial charge in [-0.15, -0.1) is 0 Å². The minimum atomic E-state index is -0.513. The molecule has 0 saturated carbocycles. The van der Waals surface area contributed by atoms with Gasteiger partial charge in [0, 0.05) is 46.6 Å². The van der Waals surface area contributed by atoms with E-state index < -0.39 is 4.92 Å². The zero-order valence-electron chi connectivity index (χ0n) is 15.9. The molecule has 4 rings (SSSR count). The smallest absolute Gasteiger partial charge is 0.329 e. The molecule has 30 heavy (non-hydrogen) atoms. The van der Waals surface area contributed by atoms with Crippen molar-refractivity contribution < 1.29 is 34.8 Å². The average Bonchev–Trinajstić information content (AvgIpc) is 2.75. The molecule has 4 heterocycles. The van der Waals surface area contributed by atoms with Crippen LogP contribution in [0.1, 0.15) is 0 Å². The Morgan fingerprint density at radius 3 is 2.10 bits per heavy atom. The number of rotatable bonds is 3. The SMILES string of the molecule is Nc1cncnc1N1CCOCC1.O=[N+]([O-])c1cnc(Cl)nc1N1CCOCC1.[Pd]. The van der Waals surface area contributed by atoms with Gasteiger partial charge in [-0.1, -0.05) is 0 Å². The largest absolute Gasteiger partial charge is 0.394 e. The Bertz CT molecular complexity index is 837. The Kier molecular flexibility index (Phi) is 9.54. The van der Waals surface area contributed by atoms with E-state index >= 15 is 0 Å². The first-order valence-electron chi connectivity index (χ1n) is 8.94. The summed E-state index contributed by atoms with van der Waals surface area (Å²) >= 11 is 5.64. The topological polar surface area (TPSA) is 146 Å². The number of nitrogens with zero attached hydrogens (tertiary/aromatic N) is 7. The molecule has 0 radical (unpaired) electrons. The van der Waals surface area contributed by atoms with Crippen molar-refractivity contribution in [2.24, 2.45) is 0 Å². The zero-order chi connectivity index (χ0) is 20.6. The van der Waals surface area contributed by atoms with E-state index in [1.54, 1.807) is 11.1 Å². The van der Waals surface area contributed by atoms with E-state index in [-0.39, 0.29) is 37.2 Å². The van der Waals surface area contributed by atoms with Gasteiger partial charge in [0.15, 0.2) is 5.82 Å². The standard InChI is InChI=1S/C8H9ClN4O3.C8H12N4O.Pd/c9-8-10-5-6(13(14)15)7(11-8)12-1-3-16-4-2-12;9-7-5-10-6-11-8(7)12-1-3-13-4-2-12;/h5H,1-4H2;5-6H,1-4,9H2;. The fourth-order valence-corrected chi connectivity index (χ4v) is 2.98. The Morgan fingerprint density at radius 1 is 1.00 bits per heavy atom. The van der Waals surface area contributed by atoms with Crippen molar-refractivity contribution in [3.05, 3.63) is 34.1 Å². The predicted molar refractivity (Wildman–Crippen MR) is 106 cm³/mol. The van der Waals surface area contributed by atoms with E-state index in [2.05, 4.69) is 24.8 Å². The first-order chi connectivity index (χ1) is 14.1. The molecule has 166 valence electrons. The van der Waals surface area contributed by atoms with Gasteiger partial charge < -0.3 is 25.0 Å². The number of ether oxygens (including phenoxy) is 2. The molecule has 0 bridgehead atoms. The molecule has 0 aliphatic carbocycles. The van der Waals surface area contributed by atoms with E-state index in [1.807, 2.05) is 0 Å². The summed E-state index contributed by atoms with van der Waals surface area (Å²) in [5, 5.41) is 10.8. The summed E-state index contributed by atoms with van der Waals surface area (Å²) in [7, 11) is 0. The monoisotopic (exact) mass is 530 g/mol. The summed E-state index contributed by atoms with van der Waals surface area (Å²) < 4.78 is 10.4. The normalized spacial score (nSPS) is 16.2. The molecule has 2 aromatic rings. The van der Waals surface area contributed by atoms with Crippen molar-refractivity contribution in [3.8, 4) is 0 Å². The second-order valence-electron chi connectivity index (χ2n) is 6.11. The van der Waals surface area contributed by atoms with Crippen LogP contribution in [0.2, 0.25) is 5.28 Å². The molecule has 2 aliphatic rings. The minimum absolute atomic E-state index is 0. The second-order valence-corrected chi connectivity index (χ2v) is 6.44. The molecule has 0 unspecified atom stereocenters. The molecular weight excluding hydrogens is 510 g/mol. The summed E-state index contributed by atoms with van der Waals surface area (Å²) in [5.41, 5.74) is 6.24. The number of nitrogens with two attached hydrogens (primary N) is 1. The molecule has 12 nitrogen and oxygen atoms in total. The van der Waals surface area contributed by atoms with Gasteiger partial charge in [-0.25, -0.2) is 15.0 Å². The number of aromatic nitrogens is 4. The number of hydrogen-bond acceptors (Lipinski definition) is 11. The van der Waals surface area contributed by atoms with Crippen molar-refractivity contribution in [3.63, 3.8) is 0 Å². The average molecular weight is 531 g/mol. The summed E-state index contributed by atoms with van der Waals surface area (Å²) in [5.74, 6) is 1.08. The molecule has 2 aliphatic heterocycles. The fraction of sp³-hybridized carbons (Fsp3) is 0.500. The van der Waals surface area contributed by atoms with Crippen LogP contribution in [0.3, 0.4) is 0 Å². The first kappa shape index (κ1) is 24.1. The number of hydrogen-bond donors (Lipinski definition) is 1. The summed E-state index contributed by atoms with van der Waals surface area (Å²) in [6.45, 7) is 5.36. The number of anilines is 3. The summed E-state index contributed by atoms with van der Waals surface area (Å²) in [6.07, 6.45) is 4.26. The maximum atomic E-state index is 10.8. The van der Waals surface area contributed by atoms with Crippen LogP contribution >= 0.6 is 11.6 Å². The third-order valence-electron chi connectivity index (χ3n) is 4.26. The Morgan fingerprint density at radius 2 is 1.57 bits per heavy atom. The quantitative estimate of drug-likeness (QED) is 0.259. The maximum Gasteiger partial charge on any atom is 0.329 e. The molecule has 2 N–H and O–H groups in total. The molecule has 2 fully saturated rings. The number of nitrogen functional groups attached to an aromatic ring is 1.